The fourth-order valence-corrected chi connectivity index (χ4v) is 1.73. The van der Waals surface area contributed by atoms with Crippen molar-refractivity contribution in [3.63, 3.8) is 0 Å². The Hall–Kier alpha value is -1.31. The van der Waals surface area contributed by atoms with Gasteiger partial charge in [0, 0.05) is 12.3 Å². The van der Waals surface area contributed by atoms with Crippen LogP contribution in [0.1, 0.15) is 38.2 Å². The highest BCUT2D eigenvalue weighted by Crippen LogP contribution is 2.23. The van der Waals surface area contributed by atoms with E-state index >= 15 is 0 Å². The highest BCUT2D eigenvalue weighted by Gasteiger charge is 2.16. The van der Waals surface area contributed by atoms with Crippen LogP contribution in [0.3, 0.4) is 0 Å². The van der Waals surface area contributed by atoms with Crippen LogP contribution in [0.15, 0.2) is 24.3 Å². The molecule has 0 saturated carbocycles. The minimum absolute atomic E-state index is 0.0425. The van der Waals surface area contributed by atoms with E-state index < -0.39 is 0 Å². The summed E-state index contributed by atoms with van der Waals surface area (Å²) in [7, 11) is 1.64. The summed E-state index contributed by atoms with van der Waals surface area (Å²) < 4.78 is 5.08. The van der Waals surface area contributed by atoms with Crippen LogP contribution >= 0.6 is 0 Å². The molecule has 0 aromatic heterocycles. The van der Waals surface area contributed by atoms with E-state index in [1.165, 1.54) is 0 Å². The summed E-state index contributed by atoms with van der Waals surface area (Å²) in [5.41, 5.74) is 1.09. The third kappa shape index (κ3) is 2.82. The van der Waals surface area contributed by atoms with Gasteiger partial charge in [0.15, 0.2) is 0 Å². The van der Waals surface area contributed by atoms with Crippen molar-refractivity contribution < 1.29 is 9.53 Å². The zero-order chi connectivity index (χ0) is 11.3. The Kier molecular flexibility index (Phi) is 4.35. The molecule has 0 aliphatic heterocycles. The van der Waals surface area contributed by atoms with Crippen molar-refractivity contribution in [1.29, 1.82) is 0 Å². The minimum Gasteiger partial charge on any atom is -0.497 e. The molecule has 1 aromatic carbocycles. The summed E-state index contributed by atoms with van der Waals surface area (Å²) in [5, 5.41) is 0. The molecule has 0 amide bonds. The van der Waals surface area contributed by atoms with Crippen molar-refractivity contribution >= 4 is 5.78 Å². The van der Waals surface area contributed by atoms with E-state index in [4.69, 9.17) is 4.74 Å². The monoisotopic (exact) mass is 206 g/mol. The van der Waals surface area contributed by atoms with Gasteiger partial charge in [-0.25, -0.2) is 0 Å². The Morgan fingerprint density at radius 2 is 1.87 bits per heavy atom. The van der Waals surface area contributed by atoms with Crippen molar-refractivity contribution in [3.05, 3.63) is 29.8 Å². The zero-order valence-corrected chi connectivity index (χ0v) is 9.62. The van der Waals surface area contributed by atoms with Gasteiger partial charge in [0.05, 0.1) is 7.11 Å². The van der Waals surface area contributed by atoms with Crippen LogP contribution in [-0.4, -0.2) is 12.9 Å². The zero-order valence-electron chi connectivity index (χ0n) is 9.62. The van der Waals surface area contributed by atoms with Crippen LogP contribution in [0.25, 0.3) is 0 Å². The minimum atomic E-state index is 0.0425. The van der Waals surface area contributed by atoms with E-state index in [2.05, 4.69) is 0 Å². The summed E-state index contributed by atoms with van der Waals surface area (Å²) in [5.74, 6) is 1.18. The van der Waals surface area contributed by atoms with E-state index in [1.807, 2.05) is 38.1 Å². The molecular weight excluding hydrogens is 188 g/mol. The van der Waals surface area contributed by atoms with E-state index in [-0.39, 0.29) is 5.92 Å². The van der Waals surface area contributed by atoms with E-state index in [0.29, 0.717) is 12.2 Å². The third-order valence-electron chi connectivity index (χ3n) is 2.66. The lowest BCUT2D eigenvalue weighted by Gasteiger charge is -2.13. The molecule has 0 N–H and O–H groups in total. The van der Waals surface area contributed by atoms with Gasteiger partial charge in [-0.3, -0.25) is 4.79 Å². The molecule has 0 aliphatic rings. The number of carbonyl (C=O) groups is 1. The molecule has 0 saturated heterocycles. The molecule has 0 heterocycles. The lowest BCUT2D eigenvalue weighted by atomic mass is 9.91. The largest absolute Gasteiger partial charge is 0.497 e. The van der Waals surface area contributed by atoms with Crippen molar-refractivity contribution in [2.24, 2.45) is 0 Å². The van der Waals surface area contributed by atoms with Crippen LogP contribution in [0, 0.1) is 0 Å². The van der Waals surface area contributed by atoms with Gasteiger partial charge in [0.2, 0.25) is 0 Å². The first-order valence-corrected chi connectivity index (χ1v) is 5.39. The van der Waals surface area contributed by atoms with Crippen LogP contribution in [0.2, 0.25) is 0 Å². The second-order valence-electron chi connectivity index (χ2n) is 3.55. The number of benzene rings is 1. The van der Waals surface area contributed by atoms with Gasteiger partial charge in [0.1, 0.15) is 11.5 Å². The normalized spacial score (nSPS) is 12.2. The number of Topliss-reactive ketones (excluding diaryl/α,β-unsaturated/α-hetero) is 1. The smallest absolute Gasteiger partial charge is 0.140 e. The molecule has 0 aliphatic carbocycles. The maximum atomic E-state index is 11.7. The SMILES string of the molecule is CCC(=O)C(CC)c1ccc(OC)cc1. The van der Waals surface area contributed by atoms with Gasteiger partial charge >= 0.3 is 0 Å². The van der Waals surface area contributed by atoms with E-state index in [9.17, 15) is 4.79 Å². The van der Waals surface area contributed by atoms with Gasteiger partial charge in [-0.05, 0) is 24.1 Å². The second-order valence-corrected chi connectivity index (χ2v) is 3.55. The number of hydrogen-bond donors (Lipinski definition) is 0. The van der Waals surface area contributed by atoms with Gasteiger partial charge in [-0.2, -0.15) is 0 Å². The number of ketones is 1. The summed E-state index contributed by atoms with van der Waals surface area (Å²) in [4.78, 5) is 11.7. The Balaban J connectivity index is 2.87. The number of methoxy groups -OCH3 is 1. The van der Waals surface area contributed by atoms with Gasteiger partial charge in [-0.1, -0.05) is 26.0 Å². The van der Waals surface area contributed by atoms with Crippen LogP contribution in [-0.2, 0) is 4.79 Å². The lowest BCUT2D eigenvalue weighted by Crippen LogP contribution is -2.10. The molecular formula is C13H18O2. The summed E-state index contributed by atoms with van der Waals surface area (Å²) in [6.07, 6.45) is 1.46. The second kappa shape index (κ2) is 5.54. The third-order valence-corrected chi connectivity index (χ3v) is 2.66. The summed E-state index contributed by atoms with van der Waals surface area (Å²) in [6, 6.07) is 7.75. The highest BCUT2D eigenvalue weighted by molar-refractivity contribution is 5.85. The molecule has 82 valence electrons. The molecule has 1 rings (SSSR count). The van der Waals surface area contributed by atoms with Crippen LogP contribution < -0.4 is 4.74 Å². The predicted octanol–water partition coefficient (Wildman–Crippen LogP) is 3.17. The summed E-state index contributed by atoms with van der Waals surface area (Å²) >= 11 is 0. The highest BCUT2D eigenvalue weighted by atomic mass is 16.5. The predicted molar refractivity (Wildman–Crippen MR) is 61.3 cm³/mol. The Bertz CT molecular complexity index is 314. The summed E-state index contributed by atoms with van der Waals surface area (Å²) in [6.45, 7) is 3.96. The maximum Gasteiger partial charge on any atom is 0.140 e. The first-order chi connectivity index (χ1) is 7.22. The molecule has 1 aromatic rings. The van der Waals surface area contributed by atoms with Crippen molar-refractivity contribution in [3.8, 4) is 5.75 Å². The van der Waals surface area contributed by atoms with E-state index in [0.717, 1.165) is 17.7 Å². The number of ether oxygens (including phenoxy) is 1. The van der Waals surface area contributed by atoms with Crippen LogP contribution in [0.5, 0.6) is 5.75 Å². The fraction of sp³-hybridized carbons (Fsp3) is 0.462. The molecule has 0 bridgehead atoms. The molecule has 1 unspecified atom stereocenters. The average molecular weight is 206 g/mol. The first kappa shape index (κ1) is 11.8. The maximum absolute atomic E-state index is 11.7. The lowest BCUT2D eigenvalue weighted by molar-refractivity contribution is -0.120. The van der Waals surface area contributed by atoms with E-state index in [1.54, 1.807) is 7.11 Å². The fourth-order valence-electron chi connectivity index (χ4n) is 1.73. The van der Waals surface area contributed by atoms with Crippen LogP contribution in [0.4, 0.5) is 0 Å². The molecule has 0 spiro atoms. The van der Waals surface area contributed by atoms with Crippen molar-refractivity contribution in [2.45, 2.75) is 32.6 Å². The Morgan fingerprint density at radius 1 is 1.27 bits per heavy atom. The average Bonchev–Trinajstić information content (AvgIpc) is 2.30. The topological polar surface area (TPSA) is 26.3 Å². The molecule has 1 atom stereocenters. The standard InChI is InChI=1S/C13H18O2/c1-4-12(13(14)5-2)10-6-8-11(15-3)9-7-10/h6-9,12H,4-5H2,1-3H3. The number of rotatable bonds is 5. The molecule has 2 heteroatoms. The Labute approximate surface area is 91.3 Å². The molecule has 0 radical (unpaired) electrons. The first-order valence-electron chi connectivity index (χ1n) is 5.39. The van der Waals surface area contributed by atoms with Gasteiger partial charge in [0.25, 0.3) is 0 Å². The molecule has 0 fully saturated rings. The quantitative estimate of drug-likeness (QED) is 0.739. The molecule has 15 heavy (non-hydrogen) atoms. The van der Waals surface area contributed by atoms with Gasteiger partial charge < -0.3 is 4.74 Å². The van der Waals surface area contributed by atoms with Crippen molar-refractivity contribution in [1.82, 2.24) is 0 Å². The molecule has 2 nitrogen and oxygen atoms in total. The van der Waals surface area contributed by atoms with Gasteiger partial charge in [-0.15, -0.1) is 0 Å². The number of hydrogen-bond acceptors (Lipinski definition) is 2. The number of carbonyl (C=O) groups excluding carboxylic acids is 1. The van der Waals surface area contributed by atoms with Crippen molar-refractivity contribution in [2.75, 3.05) is 7.11 Å². The Morgan fingerprint density at radius 3 is 2.27 bits per heavy atom.